The van der Waals surface area contributed by atoms with Gasteiger partial charge in [-0.3, -0.25) is 0 Å². The van der Waals surface area contributed by atoms with Gasteiger partial charge in [-0.2, -0.15) is 9.29 Å². The molecule has 0 N–H and O–H groups in total. The van der Waals surface area contributed by atoms with Crippen LogP contribution in [0.1, 0.15) is 66.0 Å². The number of sulfonamides is 1. The van der Waals surface area contributed by atoms with Crippen LogP contribution in [0.25, 0.3) is 0 Å². The molecule has 6 nitrogen and oxygen atoms in total. The monoisotopic (exact) mass is 361 g/mol. The minimum atomic E-state index is -3.60. The van der Waals surface area contributed by atoms with E-state index >= 15 is 0 Å². The Kier molecular flexibility index (Phi) is 3.96. The van der Waals surface area contributed by atoms with E-state index in [1.165, 1.54) is 0 Å². The van der Waals surface area contributed by atoms with Crippen molar-refractivity contribution in [2.24, 2.45) is 0 Å². The molecule has 1 saturated heterocycles. The largest absolute Gasteiger partial charge is 0.338 e. The summed E-state index contributed by atoms with van der Waals surface area (Å²) < 4.78 is 33.7. The van der Waals surface area contributed by atoms with Crippen LogP contribution in [0.15, 0.2) is 21.6 Å². The molecule has 2 aliphatic rings. The standard InChI is InChI=1S/C18H23N3O3S/c1-11-9-12(2)16(13(3)10-11)25(22,23)21-8-4-5-15(21)18-19-17(20-24-18)14-6-7-14/h9-10,14-15H,4-8H2,1-3H3. The van der Waals surface area contributed by atoms with Gasteiger partial charge in [0.25, 0.3) is 0 Å². The normalized spacial score (nSPS) is 21.8. The maximum atomic E-state index is 13.4. The topological polar surface area (TPSA) is 76.3 Å². The number of nitrogens with zero attached hydrogens (tertiary/aromatic N) is 3. The summed E-state index contributed by atoms with van der Waals surface area (Å²) in [7, 11) is -3.60. The molecule has 25 heavy (non-hydrogen) atoms. The molecule has 1 unspecified atom stereocenters. The molecule has 1 atom stereocenters. The van der Waals surface area contributed by atoms with Crippen LogP contribution in [0.3, 0.4) is 0 Å². The van der Waals surface area contributed by atoms with E-state index in [4.69, 9.17) is 4.52 Å². The fourth-order valence-electron chi connectivity index (χ4n) is 3.86. The maximum Gasteiger partial charge on any atom is 0.245 e. The maximum absolute atomic E-state index is 13.4. The van der Waals surface area contributed by atoms with Crippen molar-refractivity contribution in [2.75, 3.05) is 6.54 Å². The molecular weight excluding hydrogens is 338 g/mol. The van der Waals surface area contributed by atoms with Gasteiger partial charge >= 0.3 is 0 Å². The molecule has 2 aromatic rings. The van der Waals surface area contributed by atoms with Crippen molar-refractivity contribution < 1.29 is 12.9 Å². The van der Waals surface area contributed by atoms with E-state index in [0.29, 0.717) is 23.2 Å². The van der Waals surface area contributed by atoms with Crippen molar-refractivity contribution in [1.29, 1.82) is 0 Å². The van der Waals surface area contributed by atoms with Crippen LogP contribution in [0, 0.1) is 20.8 Å². The van der Waals surface area contributed by atoms with Crippen molar-refractivity contribution in [3.8, 4) is 0 Å². The second-order valence-electron chi connectivity index (χ2n) is 7.27. The van der Waals surface area contributed by atoms with Gasteiger partial charge in [0.1, 0.15) is 6.04 Å². The summed E-state index contributed by atoms with van der Waals surface area (Å²) in [6.45, 7) is 6.18. The molecule has 2 fully saturated rings. The molecule has 1 saturated carbocycles. The second kappa shape index (κ2) is 5.92. The molecule has 0 bridgehead atoms. The average molecular weight is 361 g/mol. The van der Waals surface area contributed by atoms with Crippen LogP contribution >= 0.6 is 0 Å². The summed E-state index contributed by atoms with van der Waals surface area (Å²) in [5.74, 6) is 1.55. The van der Waals surface area contributed by atoms with Gasteiger partial charge in [0.15, 0.2) is 5.82 Å². The molecule has 1 aliphatic heterocycles. The molecule has 7 heteroatoms. The van der Waals surface area contributed by atoms with Crippen molar-refractivity contribution in [3.05, 3.63) is 40.5 Å². The van der Waals surface area contributed by atoms with Crippen LogP contribution in [0.4, 0.5) is 0 Å². The first-order valence-corrected chi connectivity index (χ1v) is 10.2. The summed E-state index contributed by atoms with van der Waals surface area (Å²) in [6.07, 6.45) is 3.70. The zero-order chi connectivity index (χ0) is 17.8. The van der Waals surface area contributed by atoms with Gasteiger partial charge in [-0.15, -0.1) is 0 Å². The van der Waals surface area contributed by atoms with E-state index in [1.54, 1.807) is 4.31 Å². The minimum absolute atomic E-state index is 0.356. The Morgan fingerprint density at radius 2 is 1.80 bits per heavy atom. The molecule has 0 radical (unpaired) electrons. The van der Waals surface area contributed by atoms with Crippen LogP contribution in [-0.2, 0) is 10.0 Å². The molecule has 0 amide bonds. The van der Waals surface area contributed by atoms with E-state index in [0.717, 1.165) is 48.2 Å². The van der Waals surface area contributed by atoms with E-state index in [9.17, 15) is 8.42 Å². The highest BCUT2D eigenvalue weighted by Gasteiger charge is 2.41. The third kappa shape index (κ3) is 2.89. The van der Waals surface area contributed by atoms with Gasteiger partial charge in [-0.05, 0) is 57.6 Å². The molecule has 1 aromatic carbocycles. The smallest absolute Gasteiger partial charge is 0.245 e. The number of rotatable bonds is 4. The summed E-state index contributed by atoms with van der Waals surface area (Å²) in [5.41, 5.74) is 2.64. The molecule has 2 heterocycles. The zero-order valence-corrected chi connectivity index (χ0v) is 15.6. The lowest BCUT2D eigenvalue weighted by molar-refractivity contribution is 0.289. The van der Waals surface area contributed by atoms with Crippen LogP contribution in [0.5, 0.6) is 0 Å². The van der Waals surface area contributed by atoms with E-state index in [2.05, 4.69) is 10.1 Å². The van der Waals surface area contributed by atoms with Crippen molar-refractivity contribution in [2.45, 2.75) is 63.3 Å². The second-order valence-corrected chi connectivity index (χ2v) is 9.09. The highest BCUT2D eigenvalue weighted by Crippen LogP contribution is 2.41. The Balaban J connectivity index is 1.71. The van der Waals surface area contributed by atoms with Crippen molar-refractivity contribution >= 4 is 10.0 Å². The van der Waals surface area contributed by atoms with E-state index in [-0.39, 0.29) is 6.04 Å². The van der Waals surface area contributed by atoms with Gasteiger partial charge in [0.2, 0.25) is 15.9 Å². The Bertz CT molecular complexity index is 892. The predicted molar refractivity (Wildman–Crippen MR) is 92.8 cm³/mol. The molecule has 1 aliphatic carbocycles. The molecule has 0 spiro atoms. The Hall–Kier alpha value is -1.73. The fraction of sp³-hybridized carbons (Fsp3) is 0.556. The number of aromatic nitrogens is 2. The van der Waals surface area contributed by atoms with Crippen LogP contribution < -0.4 is 0 Å². The first kappa shape index (κ1) is 16.7. The van der Waals surface area contributed by atoms with Gasteiger partial charge in [-0.25, -0.2) is 8.42 Å². The first-order chi connectivity index (χ1) is 11.9. The van der Waals surface area contributed by atoms with Gasteiger partial charge in [0.05, 0.1) is 4.90 Å². The third-order valence-corrected chi connectivity index (χ3v) is 7.27. The number of aryl methyl sites for hydroxylation is 3. The van der Waals surface area contributed by atoms with E-state index < -0.39 is 10.0 Å². The average Bonchev–Trinajstić information content (AvgIpc) is 3.06. The lowest BCUT2D eigenvalue weighted by Crippen LogP contribution is -2.32. The molecular formula is C18H23N3O3S. The van der Waals surface area contributed by atoms with Gasteiger partial charge < -0.3 is 4.52 Å². The number of hydrogen-bond donors (Lipinski definition) is 0. The fourth-order valence-corrected chi connectivity index (χ4v) is 5.92. The molecule has 134 valence electrons. The summed E-state index contributed by atoms with van der Waals surface area (Å²) in [6, 6.07) is 3.48. The van der Waals surface area contributed by atoms with Crippen molar-refractivity contribution in [1.82, 2.24) is 14.4 Å². The van der Waals surface area contributed by atoms with Crippen molar-refractivity contribution in [3.63, 3.8) is 0 Å². The Labute approximate surface area is 148 Å². The lowest BCUT2D eigenvalue weighted by atomic mass is 10.1. The quantitative estimate of drug-likeness (QED) is 0.834. The van der Waals surface area contributed by atoms with Gasteiger partial charge in [0, 0.05) is 12.5 Å². The van der Waals surface area contributed by atoms with Crippen LogP contribution in [-0.4, -0.2) is 29.4 Å². The predicted octanol–water partition coefficient (Wildman–Crippen LogP) is 3.40. The number of hydrogen-bond acceptors (Lipinski definition) is 5. The van der Waals surface area contributed by atoms with Gasteiger partial charge in [-0.1, -0.05) is 22.9 Å². The zero-order valence-electron chi connectivity index (χ0n) is 14.8. The summed E-state index contributed by atoms with van der Waals surface area (Å²) in [4.78, 5) is 4.90. The SMILES string of the molecule is Cc1cc(C)c(S(=O)(=O)N2CCCC2c2nc(C3CC3)no2)c(C)c1. The number of benzene rings is 1. The van der Waals surface area contributed by atoms with E-state index in [1.807, 2.05) is 32.9 Å². The highest BCUT2D eigenvalue weighted by atomic mass is 32.2. The highest BCUT2D eigenvalue weighted by molar-refractivity contribution is 7.89. The Morgan fingerprint density at radius 3 is 2.44 bits per heavy atom. The lowest BCUT2D eigenvalue weighted by Gasteiger charge is -2.23. The summed E-state index contributed by atoms with van der Waals surface area (Å²) >= 11 is 0. The third-order valence-electron chi connectivity index (χ3n) is 5.06. The first-order valence-electron chi connectivity index (χ1n) is 8.81. The Morgan fingerprint density at radius 1 is 1.12 bits per heavy atom. The summed E-state index contributed by atoms with van der Waals surface area (Å²) in [5, 5.41) is 4.05. The minimum Gasteiger partial charge on any atom is -0.338 e. The molecule has 1 aromatic heterocycles. The van der Waals surface area contributed by atoms with Crippen LogP contribution in [0.2, 0.25) is 0 Å². The molecule has 4 rings (SSSR count).